The molecule has 88 valence electrons. The molecular formula is C13H14N2O2. The number of pyridine rings is 1. The van der Waals surface area contributed by atoms with Crippen LogP contribution in [0.4, 0.5) is 5.69 Å². The standard InChI is InChI=1S/C13H14N2O2/c14-9-6-11(16)13(17)8-5-7-3-1-2-4-10(7)15-12(8)9/h5-6,16-17H,1-4,14H2. The van der Waals surface area contributed by atoms with E-state index in [4.69, 9.17) is 5.73 Å². The highest BCUT2D eigenvalue weighted by atomic mass is 16.3. The second kappa shape index (κ2) is 3.52. The minimum atomic E-state index is -0.187. The zero-order valence-electron chi connectivity index (χ0n) is 9.40. The van der Waals surface area contributed by atoms with Crippen LogP contribution in [0.1, 0.15) is 24.1 Å². The Balaban J connectivity index is 2.37. The molecule has 1 aromatic carbocycles. The Morgan fingerprint density at radius 3 is 2.71 bits per heavy atom. The number of hydrogen-bond donors (Lipinski definition) is 3. The number of rotatable bonds is 0. The lowest BCUT2D eigenvalue weighted by Gasteiger charge is -2.16. The van der Waals surface area contributed by atoms with Gasteiger partial charge in [0.15, 0.2) is 11.5 Å². The molecule has 0 aliphatic heterocycles. The van der Waals surface area contributed by atoms with Crippen molar-refractivity contribution >= 4 is 16.6 Å². The first-order valence-corrected chi connectivity index (χ1v) is 5.79. The predicted molar refractivity (Wildman–Crippen MR) is 66.1 cm³/mol. The van der Waals surface area contributed by atoms with E-state index < -0.39 is 0 Å². The van der Waals surface area contributed by atoms with Crippen LogP contribution in [0.2, 0.25) is 0 Å². The minimum absolute atomic E-state index is 0.130. The molecule has 0 bridgehead atoms. The average Bonchev–Trinajstić information content (AvgIpc) is 2.34. The van der Waals surface area contributed by atoms with Crippen molar-refractivity contribution in [1.29, 1.82) is 0 Å². The number of nitrogen functional groups attached to an aromatic ring is 1. The van der Waals surface area contributed by atoms with Crippen LogP contribution in [-0.4, -0.2) is 15.2 Å². The highest BCUT2D eigenvalue weighted by molar-refractivity contribution is 5.96. The second-order valence-corrected chi connectivity index (χ2v) is 4.53. The Morgan fingerprint density at radius 2 is 1.88 bits per heavy atom. The molecule has 1 aliphatic carbocycles. The smallest absolute Gasteiger partial charge is 0.167 e. The van der Waals surface area contributed by atoms with Crippen molar-refractivity contribution in [3.8, 4) is 11.5 Å². The van der Waals surface area contributed by atoms with Crippen molar-refractivity contribution < 1.29 is 10.2 Å². The van der Waals surface area contributed by atoms with Gasteiger partial charge in [0.1, 0.15) is 0 Å². The lowest BCUT2D eigenvalue weighted by Crippen LogP contribution is -2.06. The summed E-state index contributed by atoms with van der Waals surface area (Å²) in [4.78, 5) is 4.52. The number of phenolic OH excluding ortho intramolecular Hbond substituents is 2. The Morgan fingerprint density at radius 1 is 1.12 bits per heavy atom. The molecule has 0 fully saturated rings. The number of benzene rings is 1. The Kier molecular flexibility index (Phi) is 2.11. The van der Waals surface area contributed by atoms with Crippen molar-refractivity contribution in [1.82, 2.24) is 4.98 Å². The van der Waals surface area contributed by atoms with Gasteiger partial charge in [0.05, 0.1) is 11.2 Å². The number of aryl methyl sites for hydroxylation is 2. The normalized spacial score (nSPS) is 14.8. The second-order valence-electron chi connectivity index (χ2n) is 4.53. The molecule has 4 nitrogen and oxygen atoms in total. The first-order valence-electron chi connectivity index (χ1n) is 5.79. The van der Waals surface area contributed by atoms with Crippen molar-refractivity contribution in [3.63, 3.8) is 0 Å². The fraction of sp³-hybridized carbons (Fsp3) is 0.308. The average molecular weight is 230 g/mol. The fourth-order valence-electron chi connectivity index (χ4n) is 2.46. The highest BCUT2D eigenvalue weighted by Gasteiger charge is 2.16. The summed E-state index contributed by atoms with van der Waals surface area (Å²) in [7, 11) is 0. The van der Waals surface area contributed by atoms with Crippen molar-refractivity contribution in [2.45, 2.75) is 25.7 Å². The topological polar surface area (TPSA) is 79.4 Å². The van der Waals surface area contributed by atoms with Gasteiger partial charge in [0.25, 0.3) is 0 Å². The molecule has 17 heavy (non-hydrogen) atoms. The minimum Gasteiger partial charge on any atom is -0.504 e. The molecule has 0 unspecified atom stereocenters. The Labute approximate surface area is 98.7 Å². The molecule has 2 aromatic rings. The van der Waals surface area contributed by atoms with Gasteiger partial charge in [0, 0.05) is 17.1 Å². The zero-order chi connectivity index (χ0) is 12.0. The van der Waals surface area contributed by atoms with E-state index in [9.17, 15) is 10.2 Å². The van der Waals surface area contributed by atoms with Gasteiger partial charge in [-0.1, -0.05) is 0 Å². The maximum Gasteiger partial charge on any atom is 0.167 e. The van der Waals surface area contributed by atoms with E-state index in [1.54, 1.807) is 0 Å². The van der Waals surface area contributed by atoms with E-state index in [0.717, 1.165) is 36.9 Å². The molecule has 1 aliphatic rings. The van der Waals surface area contributed by atoms with Crippen LogP contribution in [0, 0.1) is 0 Å². The molecule has 4 N–H and O–H groups in total. The van der Waals surface area contributed by atoms with Crippen LogP contribution in [-0.2, 0) is 12.8 Å². The summed E-state index contributed by atoms with van der Waals surface area (Å²) in [6.45, 7) is 0. The molecule has 4 heteroatoms. The van der Waals surface area contributed by atoms with Crippen LogP contribution in [0.5, 0.6) is 11.5 Å². The van der Waals surface area contributed by atoms with Gasteiger partial charge in [-0.05, 0) is 37.3 Å². The summed E-state index contributed by atoms with van der Waals surface area (Å²) in [5.74, 6) is -0.317. The molecule has 0 saturated heterocycles. The van der Waals surface area contributed by atoms with E-state index in [1.165, 1.54) is 6.07 Å². The number of aromatic nitrogens is 1. The molecule has 1 heterocycles. The highest BCUT2D eigenvalue weighted by Crippen LogP contribution is 2.38. The molecule has 0 atom stereocenters. The van der Waals surface area contributed by atoms with Crippen molar-refractivity contribution in [3.05, 3.63) is 23.4 Å². The van der Waals surface area contributed by atoms with E-state index in [0.29, 0.717) is 16.6 Å². The van der Waals surface area contributed by atoms with Crippen LogP contribution < -0.4 is 5.73 Å². The third-order valence-corrected chi connectivity index (χ3v) is 3.36. The van der Waals surface area contributed by atoms with Crippen molar-refractivity contribution in [2.75, 3.05) is 5.73 Å². The molecule has 0 amide bonds. The quantitative estimate of drug-likeness (QED) is 0.368. The van der Waals surface area contributed by atoms with Gasteiger partial charge in [-0.3, -0.25) is 4.98 Å². The fourth-order valence-corrected chi connectivity index (χ4v) is 2.46. The summed E-state index contributed by atoms with van der Waals surface area (Å²) in [5, 5.41) is 19.9. The zero-order valence-corrected chi connectivity index (χ0v) is 9.40. The number of anilines is 1. The van der Waals surface area contributed by atoms with Gasteiger partial charge in [-0.25, -0.2) is 0 Å². The number of phenols is 2. The van der Waals surface area contributed by atoms with E-state index in [2.05, 4.69) is 4.98 Å². The first kappa shape index (κ1) is 10.2. The van der Waals surface area contributed by atoms with Crippen LogP contribution in [0.15, 0.2) is 12.1 Å². The third kappa shape index (κ3) is 1.48. The summed E-state index contributed by atoms with van der Waals surface area (Å²) in [5.41, 5.74) is 9.04. The lowest BCUT2D eigenvalue weighted by molar-refractivity contribution is 0.408. The Bertz CT molecular complexity index is 608. The van der Waals surface area contributed by atoms with Crippen LogP contribution in [0.3, 0.4) is 0 Å². The summed E-state index contributed by atoms with van der Waals surface area (Å²) in [6, 6.07) is 3.25. The number of nitrogens with zero attached hydrogens (tertiary/aromatic N) is 1. The summed E-state index contributed by atoms with van der Waals surface area (Å²) < 4.78 is 0. The number of aromatic hydroxyl groups is 2. The Hall–Kier alpha value is -1.97. The molecule has 3 rings (SSSR count). The molecule has 0 spiro atoms. The molecule has 1 aromatic heterocycles. The van der Waals surface area contributed by atoms with E-state index in [1.807, 2.05) is 6.07 Å². The van der Waals surface area contributed by atoms with Crippen LogP contribution in [0.25, 0.3) is 10.9 Å². The van der Waals surface area contributed by atoms with E-state index in [-0.39, 0.29) is 11.5 Å². The summed E-state index contributed by atoms with van der Waals surface area (Å²) in [6.07, 6.45) is 4.24. The number of fused-ring (bicyclic) bond motifs is 2. The number of hydrogen-bond acceptors (Lipinski definition) is 4. The van der Waals surface area contributed by atoms with Gasteiger partial charge in [-0.2, -0.15) is 0 Å². The molecular weight excluding hydrogens is 216 g/mol. The predicted octanol–water partition coefficient (Wildman–Crippen LogP) is 2.11. The van der Waals surface area contributed by atoms with Crippen molar-refractivity contribution in [2.24, 2.45) is 0 Å². The summed E-state index contributed by atoms with van der Waals surface area (Å²) >= 11 is 0. The SMILES string of the molecule is Nc1cc(O)c(O)c2cc3c(nc12)CCCC3. The largest absolute Gasteiger partial charge is 0.504 e. The van der Waals surface area contributed by atoms with Gasteiger partial charge >= 0.3 is 0 Å². The molecule has 0 radical (unpaired) electrons. The van der Waals surface area contributed by atoms with Gasteiger partial charge < -0.3 is 15.9 Å². The third-order valence-electron chi connectivity index (χ3n) is 3.36. The number of nitrogens with two attached hydrogens (primary N) is 1. The monoisotopic (exact) mass is 230 g/mol. The van der Waals surface area contributed by atoms with E-state index >= 15 is 0 Å². The maximum absolute atomic E-state index is 9.84. The van der Waals surface area contributed by atoms with Crippen LogP contribution >= 0.6 is 0 Å². The maximum atomic E-state index is 9.84. The van der Waals surface area contributed by atoms with Gasteiger partial charge in [-0.15, -0.1) is 0 Å². The molecule has 0 saturated carbocycles. The first-order chi connectivity index (χ1) is 8.16. The van der Waals surface area contributed by atoms with Gasteiger partial charge in [0.2, 0.25) is 0 Å². The lowest BCUT2D eigenvalue weighted by atomic mass is 9.94.